The summed E-state index contributed by atoms with van der Waals surface area (Å²) in [4.78, 5) is 14.7. The lowest BCUT2D eigenvalue weighted by Gasteiger charge is -2.11. The van der Waals surface area contributed by atoms with Gasteiger partial charge in [-0.05, 0) is 50.0 Å². The Morgan fingerprint density at radius 2 is 1.96 bits per heavy atom. The molecule has 0 bridgehead atoms. The highest BCUT2D eigenvalue weighted by atomic mass is 35.5. The van der Waals surface area contributed by atoms with Crippen LogP contribution in [-0.4, -0.2) is 47.0 Å². The summed E-state index contributed by atoms with van der Waals surface area (Å²) in [5.41, 5.74) is 9.27. The molecule has 0 saturated carbocycles. The second kappa shape index (κ2) is 8.84. The number of anilines is 1. The Morgan fingerprint density at radius 3 is 2.73 bits per heavy atom. The van der Waals surface area contributed by atoms with E-state index in [1.165, 1.54) is 18.5 Å². The zero-order valence-electron chi connectivity index (χ0n) is 14.7. The molecule has 8 heteroatoms. The van der Waals surface area contributed by atoms with E-state index in [1.54, 1.807) is 0 Å². The highest BCUT2D eigenvalue weighted by molar-refractivity contribution is 5.86. The van der Waals surface area contributed by atoms with E-state index in [-0.39, 0.29) is 18.2 Å². The summed E-state index contributed by atoms with van der Waals surface area (Å²) in [6.07, 6.45) is 1.40. The molecule has 0 spiro atoms. The van der Waals surface area contributed by atoms with Crippen molar-refractivity contribution >= 4 is 29.3 Å². The molecular formula is C18H22ClFN6. The lowest BCUT2D eigenvalue weighted by atomic mass is 10.1. The van der Waals surface area contributed by atoms with Crippen LogP contribution in [0.1, 0.15) is 5.56 Å². The Kier molecular flexibility index (Phi) is 6.79. The van der Waals surface area contributed by atoms with E-state index in [2.05, 4.69) is 25.2 Å². The molecule has 3 aromatic rings. The first kappa shape index (κ1) is 20.0. The molecule has 3 N–H and O–H groups in total. The fraction of sp³-hybridized carbons (Fsp3) is 0.278. The standard InChI is InChI=1S/C18H21FN6.ClH/c1-25(2)6-5-21-10-12-7-13(9-14(19)8-12)15-3-4-16-17(24-15)18(20)23-11-22-16;/h3-4,7-9,11,21H,5-6,10H2,1-2H3,(H2,20,22,23);1H. The van der Waals surface area contributed by atoms with Crippen molar-refractivity contribution in [2.45, 2.75) is 6.54 Å². The molecule has 0 aliphatic carbocycles. The highest BCUT2D eigenvalue weighted by Gasteiger charge is 2.08. The van der Waals surface area contributed by atoms with Crippen LogP contribution in [0.5, 0.6) is 0 Å². The number of pyridine rings is 1. The number of nitrogens with zero attached hydrogens (tertiary/aromatic N) is 4. The predicted molar refractivity (Wildman–Crippen MR) is 105 cm³/mol. The Balaban J connectivity index is 0.00000243. The number of benzene rings is 1. The summed E-state index contributed by atoms with van der Waals surface area (Å²) in [5.74, 6) is 0.0231. The van der Waals surface area contributed by atoms with E-state index in [0.29, 0.717) is 34.7 Å². The molecule has 26 heavy (non-hydrogen) atoms. The van der Waals surface area contributed by atoms with Gasteiger partial charge in [-0.15, -0.1) is 12.4 Å². The topological polar surface area (TPSA) is 80.0 Å². The lowest BCUT2D eigenvalue weighted by Crippen LogP contribution is -2.26. The fourth-order valence-electron chi connectivity index (χ4n) is 2.56. The van der Waals surface area contributed by atoms with Crippen molar-refractivity contribution in [2.75, 3.05) is 32.9 Å². The van der Waals surface area contributed by atoms with E-state index in [9.17, 15) is 4.39 Å². The molecule has 138 valence electrons. The van der Waals surface area contributed by atoms with Gasteiger partial charge in [0.15, 0.2) is 5.82 Å². The minimum Gasteiger partial charge on any atom is -0.382 e. The summed E-state index contributed by atoms with van der Waals surface area (Å²) in [7, 11) is 4.03. The molecule has 0 unspecified atom stereocenters. The lowest BCUT2D eigenvalue weighted by molar-refractivity contribution is 0.400. The van der Waals surface area contributed by atoms with Crippen LogP contribution < -0.4 is 11.1 Å². The monoisotopic (exact) mass is 376 g/mol. The maximum atomic E-state index is 14.0. The van der Waals surface area contributed by atoms with E-state index in [0.717, 1.165) is 18.7 Å². The maximum Gasteiger partial charge on any atom is 0.153 e. The van der Waals surface area contributed by atoms with Gasteiger partial charge < -0.3 is 16.0 Å². The molecule has 2 heterocycles. The molecule has 0 saturated heterocycles. The maximum absolute atomic E-state index is 14.0. The van der Waals surface area contributed by atoms with Crippen LogP contribution in [0.4, 0.5) is 10.2 Å². The average molecular weight is 377 g/mol. The van der Waals surface area contributed by atoms with Gasteiger partial charge in [-0.3, -0.25) is 0 Å². The minimum absolute atomic E-state index is 0. The number of hydrogen-bond donors (Lipinski definition) is 2. The number of nitrogens with two attached hydrogens (primary N) is 1. The zero-order chi connectivity index (χ0) is 17.8. The highest BCUT2D eigenvalue weighted by Crippen LogP contribution is 2.24. The van der Waals surface area contributed by atoms with Gasteiger partial charge in [0, 0.05) is 25.2 Å². The van der Waals surface area contributed by atoms with Gasteiger partial charge in [0.2, 0.25) is 0 Å². The number of fused-ring (bicyclic) bond motifs is 1. The normalized spacial score (nSPS) is 10.9. The fourth-order valence-corrected chi connectivity index (χ4v) is 2.56. The summed E-state index contributed by atoms with van der Waals surface area (Å²) in [6.45, 7) is 2.35. The van der Waals surface area contributed by atoms with Gasteiger partial charge in [0.1, 0.15) is 17.7 Å². The smallest absolute Gasteiger partial charge is 0.153 e. The summed E-state index contributed by atoms with van der Waals surface area (Å²) in [5, 5.41) is 3.31. The second-order valence-electron chi connectivity index (χ2n) is 6.15. The number of rotatable bonds is 6. The number of nitrogen functional groups attached to an aromatic ring is 1. The molecular weight excluding hydrogens is 355 g/mol. The van der Waals surface area contributed by atoms with Crippen LogP contribution >= 0.6 is 12.4 Å². The Labute approximate surface area is 158 Å². The minimum atomic E-state index is -0.291. The van der Waals surface area contributed by atoms with Crippen molar-refractivity contribution in [1.82, 2.24) is 25.2 Å². The van der Waals surface area contributed by atoms with E-state index in [4.69, 9.17) is 5.73 Å². The molecule has 3 rings (SSSR count). The Hall–Kier alpha value is -2.35. The van der Waals surface area contributed by atoms with E-state index < -0.39 is 0 Å². The molecule has 6 nitrogen and oxygen atoms in total. The number of likely N-dealkylation sites (N-methyl/N-ethyl adjacent to an activating group) is 1. The van der Waals surface area contributed by atoms with Gasteiger partial charge in [-0.2, -0.15) is 0 Å². The van der Waals surface area contributed by atoms with Crippen molar-refractivity contribution in [3.05, 3.63) is 48.0 Å². The number of nitrogens with one attached hydrogen (secondary N) is 1. The second-order valence-corrected chi connectivity index (χ2v) is 6.15. The summed E-state index contributed by atoms with van der Waals surface area (Å²) in [6, 6.07) is 8.56. The Morgan fingerprint density at radius 1 is 1.15 bits per heavy atom. The van der Waals surface area contributed by atoms with Crippen LogP contribution in [0, 0.1) is 5.82 Å². The third-order valence-electron chi connectivity index (χ3n) is 3.83. The SMILES string of the molecule is CN(C)CCNCc1cc(F)cc(-c2ccc3ncnc(N)c3n2)c1.Cl. The molecule has 2 aromatic heterocycles. The molecule has 1 aromatic carbocycles. The van der Waals surface area contributed by atoms with Crippen LogP contribution in [-0.2, 0) is 6.54 Å². The summed E-state index contributed by atoms with van der Waals surface area (Å²) >= 11 is 0. The van der Waals surface area contributed by atoms with Crippen LogP contribution in [0.3, 0.4) is 0 Å². The third-order valence-corrected chi connectivity index (χ3v) is 3.83. The van der Waals surface area contributed by atoms with Gasteiger partial charge in [-0.25, -0.2) is 19.3 Å². The van der Waals surface area contributed by atoms with Crippen LogP contribution in [0.15, 0.2) is 36.7 Å². The molecule has 0 aliphatic rings. The molecule has 0 fully saturated rings. The first-order chi connectivity index (χ1) is 12.0. The quantitative estimate of drug-likeness (QED) is 0.643. The largest absolute Gasteiger partial charge is 0.382 e. The van der Waals surface area contributed by atoms with E-state index >= 15 is 0 Å². The number of hydrogen-bond acceptors (Lipinski definition) is 6. The van der Waals surface area contributed by atoms with Crippen LogP contribution in [0.25, 0.3) is 22.3 Å². The molecule has 0 radical (unpaired) electrons. The van der Waals surface area contributed by atoms with Crippen molar-refractivity contribution in [1.29, 1.82) is 0 Å². The first-order valence-electron chi connectivity index (χ1n) is 8.05. The first-order valence-corrected chi connectivity index (χ1v) is 8.05. The molecule has 0 atom stereocenters. The zero-order valence-corrected chi connectivity index (χ0v) is 15.6. The van der Waals surface area contributed by atoms with Crippen molar-refractivity contribution < 1.29 is 4.39 Å². The predicted octanol–water partition coefficient (Wildman–Crippen LogP) is 2.49. The number of halogens is 2. The van der Waals surface area contributed by atoms with Gasteiger partial charge in [-0.1, -0.05) is 0 Å². The van der Waals surface area contributed by atoms with Crippen molar-refractivity contribution in [3.8, 4) is 11.3 Å². The summed E-state index contributed by atoms with van der Waals surface area (Å²) < 4.78 is 14.0. The van der Waals surface area contributed by atoms with Crippen molar-refractivity contribution in [3.63, 3.8) is 0 Å². The van der Waals surface area contributed by atoms with Crippen molar-refractivity contribution in [2.24, 2.45) is 0 Å². The average Bonchev–Trinajstić information content (AvgIpc) is 2.58. The third kappa shape index (κ3) is 4.85. The van der Waals surface area contributed by atoms with Gasteiger partial charge in [0.25, 0.3) is 0 Å². The Bertz CT molecular complexity index is 887. The molecule has 0 aliphatic heterocycles. The van der Waals surface area contributed by atoms with E-state index in [1.807, 2.05) is 32.3 Å². The van der Waals surface area contributed by atoms with Gasteiger partial charge in [0.05, 0.1) is 11.2 Å². The van der Waals surface area contributed by atoms with Gasteiger partial charge >= 0.3 is 0 Å². The molecule has 0 amide bonds. The van der Waals surface area contributed by atoms with Crippen LogP contribution in [0.2, 0.25) is 0 Å². The number of aromatic nitrogens is 3.